The van der Waals surface area contributed by atoms with Crippen LogP contribution in [-0.2, 0) is 0 Å². The molecule has 0 amide bonds. The molecule has 0 saturated heterocycles. The van der Waals surface area contributed by atoms with Crippen LogP contribution >= 0.6 is 11.3 Å². The second-order valence-electron chi connectivity index (χ2n) is 5.00. The molecule has 2 aromatic carbocycles. The number of aromatic nitrogens is 1. The SMILES string of the molecule is CC(=O)c1cccc(Nc2nc(-c3ccc(O)c(O)c3)cs2)c1. The van der Waals surface area contributed by atoms with Crippen LogP contribution in [0.25, 0.3) is 11.3 Å². The summed E-state index contributed by atoms with van der Waals surface area (Å²) >= 11 is 1.41. The number of Topliss-reactive ketones (excluding diaryl/α,β-unsaturated/α-hetero) is 1. The van der Waals surface area contributed by atoms with E-state index >= 15 is 0 Å². The summed E-state index contributed by atoms with van der Waals surface area (Å²) < 4.78 is 0. The summed E-state index contributed by atoms with van der Waals surface area (Å²) in [5.74, 6) is -0.337. The van der Waals surface area contributed by atoms with Crippen molar-refractivity contribution < 1.29 is 15.0 Å². The predicted octanol–water partition coefficient (Wildman–Crippen LogP) is 4.17. The van der Waals surface area contributed by atoms with E-state index in [9.17, 15) is 15.0 Å². The van der Waals surface area contributed by atoms with Gasteiger partial charge in [-0.15, -0.1) is 11.3 Å². The molecule has 1 aromatic heterocycles. The van der Waals surface area contributed by atoms with Gasteiger partial charge in [-0.05, 0) is 37.3 Å². The highest BCUT2D eigenvalue weighted by Gasteiger charge is 2.08. The van der Waals surface area contributed by atoms with Gasteiger partial charge in [0.1, 0.15) is 0 Å². The highest BCUT2D eigenvalue weighted by Crippen LogP contribution is 2.32. The fraction of sp³-hybridized carbons (Fsp3) is 0.0588. The first-order chi connectivity index (χ1) is 11.0. The summed E-state index contributed by atoms with van der Waals surface area (Å²) in [4.78, 5) is 15.9. The maximum atomic E-state index is 11.4. The van der Waals surface area contributed by atoms with Crippen LogP contribution in [-0.4, -0.2) is 21.0 Å². The molecule has 0 atom stereocenters. The van der Waals surface area contributed by atoms with Crippen LogP contribution in [0, 0.1) is 0 Å². The van der Waals surface area contributed by atoms with E-state index in [4.69, 9.17) is 0 Å². The molecule has 1 heterocycles. The molecule has 6 heteroatoms. The highest BCUT2D eigenvalue weighted by molar-refractivity contribution is 7.14. The number of nitrogens with one attached hydrogen (secondary N) is 1. The Morgan fingerprint density at radius 3 is 2.70 bits per heavy atom. The summed E-state index contributed by atoms with van der Waals surface area (Å²) in [5, 5.41) is 24.6. The van der Waals surface area contributed by atoms with Crippen molar-refractivity contribution in [3.63, 3.8) is 0 Å². The van der Waals surface area contributed by atoms with Gasteiger partial charge in [-0.25, -0.2) is 4.98 Å². The zero-order valence-corrected chi connectivity index (χ0v) is 13.1. The number of aromatic hydroxyl groups is 2. The molecule has 3 aromatic rings. The van der Waals surface area contributed by atoms with Crippen molar-refractivity contribution in [3.05, 3.63) is 53.4 Å². The van der Waals surface area contributed by atoms with Crippen molar-refractivity contribution in [2.75, 3.05) is 5.32 Å². The number of ketones is 1. The number of nitrogens with zero attached hydrogens (tertiary/aromatic N) is 1. The second kappa shape index (κ2) is 6.10. The van der Waals surface area contributed by atoms with Crippen LogP contribution in [0.3, 0.4) is 0 Å². The van der Waals surface area contributed by atoms with Crippen molar-refractivity contribution in [1.29, 1.82) is 0 Å². The van der Waals surface area contributed by atoms with Gasteiger partial charge in [0, 0.05) is 22.2 Å². The number of carbonyl (C=O) groups is 1. The number of thiazole rings is 1. The Balaban J connectivity index is 1.83. The van der Waals surface area contributed by atoms with Gasteiger partial charge in [-0.2, -0.15) is 0 Å². The molecule has 0 aliphatic heterocycles. The summed E-state index contributed by atoms with van der Waals surface area (Å²) in [5.41, 5.74) is 2.82. The van der Waals surface area contributed by atoms with Crippen molar-refractivity contribution in [2.45, 2.75) is 6.92 Å². The fourth-order valence-corrected chi connectivity index (χ4v) is 2.83. The molecule has 0 aliphatic carbocycles. The van der Waals surface area contributed by atoms with Crippen LogP contribution in [0.15, 0.2) is 47.8 Å². The van der Waals surface area contributed by atoms with Gasteiger partial charge in [0.2, 0.25) is 0 Å². The number of carbonyl (C=O) groups excluding carboxylic acids is 1. The first-order valence-corrected chi connectivity index (χ1v) is 7.77. The third-order valence-corrected chi connectivity index (χ3v) is 4.05. The first kappa shape index (κ1) is 15.1. The van der Waals surface area contributed by atoms with Gasteiger partial charge < -0.3 is 15.5 Å². The predicted molar refractivity (Wildman–Crippen MR) is 90.6 cm³/mol. The molecular formula is C17H14N2O3S. The monoisotopic (exact) mass is 326 g/mol. The smallest absolute Gasteiger partial charge is 0.187 e. The molecule has 5 nitrogen and oxygen atoms in total. The molecule has 3 rings (SSSR count). The van der Waals surface area contributed by atoms with Crippen LogP contribution in [0.1, 0.15) is 17.3 Å². The van der Waals surface area contributed by atoms with E-state index in [2.05, 4.69) is 10.3 Å². The topological polar surface area (TPSA) is 82.5 Å². The molecule has 23 heavy (non-hydrogen) atoms. The Bertz CT molecular complexity index is 874. The minimum Gasteiger partial charge on any atom is -0.504 e. The lowest BCUT2D eigenvalue weighted by atomic mass is 10.1. The Morgan fingerprint density at radius 1 is 1.13 bits per heavy atom. The van der Waals surface area contributed by atoms with Gasteiger partial charge in [0.05, 0.1) is 5.69 Å². The van der Waals surface area contributed by atoms with E-state index in [1.54, 1.807) is 18.2 Å². The Kier molecular flexibility index (Phi) is 3.99. The number of anilines is 2. The largest absolute Gasteiger partial charge is 0.504 e. The fourth-order valence-electron chi connectivity index (χ4n) is 2.09. The third-order valence-electron chi connectivity index (χ3n) is 3.30. The molecule has 0 aliphatic rings. The minimum absolute atomic E-state index is 0.00745. The summed E-state index contributed by atoms with van der Waals surface area (Å²) in [6.45, 7) is 1.53. The van der Waals surface area contributed by atoms with Gasteiger partial charge in [-0.3, -0.25) is 4.79 Å². The van der Waals surface area contributed by atoms with Crippen molar-refractivity contribution in [1.82, 2.24) is 4.98 Å². The van der Waals surface area contributed by atoms with E-state index in [-0.39, 0.29) is 17.3 Å². The van der Waals surface area contributed by atoms with Crippen LogP contribution in [0.4, 0.5) is 10.8 Å². The number of phenols is 2. The number of benzene rings is 2. The second-order valence-corrected chi connectivity index (χ2v) is 5.86. The number of hydrogen-bond acceptors (Lipinski definition) is 6. The zero-order chi connectivity index (χ0) is 16.4. The van der Waals surface area contributed by atoms with Crippen LogP contribution < -0.4 is 5.32 Å². The quantitative estimate of drug-likeness (QED) is 0.495. The van der Waals surface area contributed by atoms with E-state index in [1.807, 2.05) is 17.5 Å². The molecule has 0 radical (unpaired) electrons. The maximum Gasteiger partial charge on any atom is 0.187 e. The number of phenolic OH excluding ortho intramolecular Hbond substituents is 2. The zero-order valence-electron chi connectivity index (χ0n) is 12.3. The van der Waals surface area contributed by atoms with Crippen LogP contribution in [0.5, 0.6) is 11.5 Å². The minimum atomic E-state index is -0.181. The van der Waals surface area contributed by atoms with Gasteiger partial charge in [-0.1, -0.05) is 12.1 Å². The van der Waals surface area contributed by atoms with E-state index in [1.165, 1.54) is 30.4 Å². The average Bonchev–Trinajstić information content (AvgIpc) is 2.99. The lowest BCUT2D eigenvalue weighted by Gasteiger charge is -2.04. The molecule has 0 spiro atoms. The molecule has 3 N–H and O–H groups in total. The molecule has 0 bridgehead atoms. The van der Waals surface area contributed by atoms with Crippen molar-refractivity contribution in [2.24, 2.45) is 0 Å². The van der Waals surface area contributed by atoms with Gasteiger partial charge in [0.25, 0.3) is 0 Å². The van der Waals surface area contributed by atoms with E-state index < -0.39 is 0 Å². The molecule has 116 valence electrons. The molecule has 0 unspecified atom stereocenters. The van der Waals surface area contributed by atoms with Gasteiger partial charge >= 0.3 is 0 Å². The summed E-state index contributed by atoms with van der Waals surface area (Å²) in [6, 6.07) is 11.8. The molecule has 0 saturated carbocycles. The Morgan fingerprint density at radius 2 is 1.96 bits per heavy atom. The van der Waals surface area contributed by atoms with Crippen LogP contribution in [0.2, 0.25) is 0 Å². The molecular weight excluding hydrogens is 312 g/mol. The first-order valence-electron chi connectivity index (χ1n) is 6.89. The average molecular weight is 326 g/mol. The third kappa shape index (κ3) is 3.32. The standard InChI is InChI=1S/C17H14N2O3S/c1-10(20)11-3-2-4-13(7-11)18-17-19-14(9-23-17)12-5-6-15(21)16(22)8-12/h2-9,21-22H,1H3,(H,18,19). The highest BCUT2D eigenvalue weighted by atomic mass is 32.1. The number of rotatable bonds is 4. The summed E-state index contributed by atoms with van der Waals surface area (Å²) in [7, 11) is 0. The van der Waals surface area contributed by atoms with Gasteiger partial charge in [0.15, 0.2) is 22.4 Å². The normalized spacial score (nSPS) is 10.5. The van der Waals surface area contributed by atoms with Crippen molar-refractivity contribution >= 4 is 27.9 Å². The maximum absolute atomic E-state index is 11.4. The molecule has 0 fully saturated rings. The lowest BCUT2D eigenvalue weighted by Crippen LogP contribution is -1.95. The summed E-state index contributed by atoms with van der Waals surface area (Å²) in [6.07, 6.45) is 0. The number of hydrogen-bond donors (Lipinski definition) is 3. The van der Waals surface area contributed by atoms with Crippen molar-refractivity contribution in [3.8, 4) is 22.8 Å². The Hall–Kier alpha value is -2.86. The Labute approximate surface area is 136 Å². The van der Waals surface area contributed by atoms with E-state index in [0.29, 0.717) is 22.0 Å². The van der Waals surface area contributed by atoms with E-state index in [0.717, 1.165) is 5.69 Å². The lowest BCUT2D eigenvalue weighted by molar-refractivity contribution is 0.101.